The number of thioether (sulfide) groups is 1. The second kappa shape index (κ2) is 4.27. The maximum atomic E-state index is 10.8. The second-order valence-electron chi connectivity index (χ2n) is 4.08. The minimum atomic E-state index is -0.833. The van der Waals surface area contributed by atoms with Crippen molar-refractivity contribution >= 4 is 17.7 Å². The van der Waals surface area contributed by atoms with Gasteiger partial charge in [0.25, 0.3) is 0 Å². The van der Waals surface area contributed by atoms with Gasteiger partial charge in [0.1, 0.15) is 0 Å². The highest BCUT2D eigenvalue weighted by molar-refractivity contribution is 7.99. The van der Waals surface area contributed by atoms with Crippen LogP contribution in [-0.4, -0.2) is 16.8 Å². The number of aryl methyl sites for hydroxylation is 1. The molecule has 0 fully saturated rings. The Morgan fingerprint density at radius 1 is 1.53 bits per heavy atom. The molecule has 1 aliphatic heterocycles. The largest absolute Gasteiger partial charge is 0.478 e. The molecule has 0 aliphatic carbocycles. The van der Waals surface area contributed by atoms with Crippen LogP contribution in [0.15, 0.2) is 23.1 Å². The summed E-state index contributed by atoms with van der Waals surface area (Å²) >= 11 is 1.85. The van der Waals surface area contributed by atoms with E-state index in [2.05, 4.69) is 6.92 Å². The molecule has 0 saturated carbocycles. The average Bonchev–Trinajstić information content (AvgIpc) is 2.40. The van der Waals surface area contributed by atoms with Crippen LogP contribution in [0.4, 0.5) is 0 Å². The van der Waals surface area contributed by atoms with Gasteiger partial charge in [-0.1, -0.05) is 6.92 Å². The van der Waals surface area contributed by atoms with Gasteiger partial charge in [-0.25, -0.2) is 4.79 Å². The first-order valence-electron chi connectivity index (χ1n) is 5.16. The molecule has 0 aromatic heterocycles. The third-order valence-corrected chi connectivity index (χ3v) is 4.18. The van der Waals surface area contributed by atoms with Crippen molar-refractivity contribution in [3.05, 3.63) is 29.3 Å². The predicted molar refractivity (Wildman–Crippen MR) is 61.6 cm³/mol. The van der Waals surface area contributed by atoms with E-state index in [1.54, 1.807) is 6.07 Å². The van der Waals surface area contributed by atoms with Gasteiger partial charge >= 0.3 is 5.97 Å². The van der Waals surface area contributed by atoms with Crippen LogP contribution in [-0.2, 0) is 6.42 Å². The lowest BCUT2D eigenvalue weighted by molar-refractivity contribution is 0.0696. The molecular formula is C12H14O2S. The van der Waals surface area contributed by atoms with Crippen molar-refractivity contribution in [2.45, 2.75) is 24.7 Å². The van der Waals surface area contributed by atoms with Gasteiger partial charge in [-0.15, -0.1) is 11.8 Å². The summed E-state index contributed by atoms with van der Waals surface area (Å²) in [5, 5.41) is 8.90. The third-order valence-electron chi connectivity index (χ3n) is 2.74. The van der Waals surface area contributed by atoms with Crippen molar-refractivity contribution in [3.8, 4) is 0 Å². The smallest absolute Gasteiger partial charge is 0.335 e. The Balaban J connectivity index is 2.32. The first-order chi connectivity index (χ1) is 7.16. The van der Waals surface area contributed by atoms with Gasteiger partial charge < -0.3 is 5.11 Å². The molecule has 0 bridgehead atoms. The zero-order valence-electron chi connectivity index (χ0n) is 8.69. The average molecular weight is 222 g/mol. The SMILES string of the molecule is CC1CCc2cc(C(=O)O)ccc2SC1. The Kier molecular flexibility index (Phi) is 3.00. The minimum Gasteiger partial charge on any atom is -0.478 e. The summed E-state index contributed by atoms with van der Waals surface area (Å²) in [5.41, 5.74) is 1.60. The van der Waals surface area contributed by atoms with Gasteiger partial charge in [-0.3, -0.25) is 0 Å². The van der Waals surface area contributed by atoms with Crippen LogP contribution in [0.3, 0.4) is 0 Å². The van der Waals surface area contributed by atoms with Crippen molar-refractivity contribution in [3.63, 3.8) is 0 Å². The van der Waals surface area contributed by atoms with Crippen LogP contribution < -0.4 is 0 Å². The van der Waals surface area contributed by atoms with Crippen molar-refractivity contribution in [1.82, 2.24) is 0 Å². The number of benzene rings is 1. The predicted octanol–water partition coefficient (Wildman–Crippen LogP) is 3.06. The van der Waals surface area contributed by atoms with Gasteiger partial charge in [0.15, 0.2) is 0 Å². The molecule has 1 aromatic rings. The van der Waals surface area contributed by atoms with Crippen LogP contribution in [0.5, 0.6) is 0 Å². The molecular weight excluding hydrogens is 208 g/mol. The summed E-state index contributed by atoms with van der Waals surface area (Å²) < 4.78 is 0. The first kappa shape index (κ1) is 10.6. The molecule has 0 radical (unpaired) electrons. The van der Waals surface area contributed by atoms with Gasteiger partial charge in [0.05, 0.1) is 5.56 Å². The number of carbonyl (C=O) groups is 1. The Bertz CT molecular complexity index is 387. The molecule has 2 rings (SSSR count). The number of rotatable bonds is 1. The minimum absolute atomic E-state index is 0.406. The molecule has 1 aromatic carbocycles. The number of aromatic carboxylic acids is 1. The molecule has 2 nitrogen and oxygen atoms in total. The molecule has 80 valence electrons. The van der Waals surface area contributed by atoms with E-state index in [4.69, 9.17) is 5.11 Å². The van der Waals surface area contributed by atoms with E-state index in [0.717, 1.165) is 24.5 Å². The monoisotopic (exact) mass is 222 g/mol. The van der Waals surface area contributed by atoms with Gasteiger partial charge in [-0.2, -0.15) is 0 Å². The molecule has 0 amide bonds. The maximum Gasteiger partial charge on any atom is 0.335 e. The van der Waals surface area contributed by atoms with Crippen molar-refractivity contribution in [2.24, 2.45) is 5.92 Å². The highest BCUT2D eigenvalue weighted by Gasteiger charge is 2.14. The van der Waals surface area contributed by atoms with Crippen LogP contribution in [0.1, 0.15) is 29.3 Å². The normalized spacial score (nSPS) is 20.5. The number of fused-ring (bicyclic) bond motifs is 1. The van der Waals surface area contributed by atoms with E-state index < -0.39 is 5.97 Å². The summed E-state index contributed by atoms with van der Waals surface area (Å²) in [6.07, 6.45) is 2.16. The van der Waals surface area contributed by atoms with Crippen LogP contribution in [0.2, 0.25) is 0 Å². The Morgan fingerprint density at radius 2 is 2.33 bits per heavy atom. The maximum absolute atomic E-state index is 10.8. The topological polar surface area (TPSA) is 37.3 Å². The molecule has 15 heavy (non-hydrogen) atoms. The van der Waals surface area contributed by atoms with Crippen LogP contribution in [0, 0.1) is 5.92 Å². The third kappa shape index (κ3) is 2.34. The second-order valence-corrected chi connectivity index (χ2v) is 5.14. The Morgan fingerprint density at radius 3 is 3.07 bits per heavy atom. The lowest BCUT2D eigenvalue weighted by Crippen LogP contribution is -1.99. The number of hydrogen-bond donors (Lipinski definition) is 1. The summed E-state index contributed by atoms with van der Waals surface area (Å²) in [4.78, 5) is 12.1. The molecule has 1 atom stereocenters. The standard InChI is InChI=1S/C12H14O2S/c1-8-2-3-9-6-10(12(13)14)4-5-11(9)15-7-8/h4-6,8H,2-3,7H2,1H3,(H,13,14). The summed E-state index contributed by atoms with van der Waals surface area (Å²) in [5.74, 6) is 1.02. The number of carboxylic acids is 1. The lowest BCUT2D eigenvalue weighted by atomic mass is 10.0. The van der Waals surface area contributed by atoms with E-state index in [1.165, 1.54) is 10.5 Å². The van der Waals surface area contributed by atoms with Crippen molar-refractivity contribution in [1.29, 1.82) is 0 Å². The summed E-state index contributed by atoms with van der Waals surface area (Å²) in [6.45, 7) is 2.25. The van der Waals surface area contributed by atoms with Crippen LogP contribution >= 0.6 is 11.8 Å². The molecule has 3 heteroatoms. The van der Waals surface area contributed by atoms with E-state index >= 15 is 0 Å². The zero-order chi connectivity index (χ0) is 10.8. The van der Waals surface area contributed by atoms with E-state index in [9.17, 15) is 4.79 Å². The molecule has 1 heterocycles. The van der Waals surface area contributed by atoms with Gasteiger partial charge in [0, 0.05) is 10.6 Å². The fourth-order valence-electron chi connectivity index (χ4n) is 1.77. The molecule has 1 N–H and O–H groups in total. The lowest BCUT2D eigenvalue weighted by Gasteiger charge is -2.05. The molecule has 1 unspecified atom stereocenters. The quantitative estimate of drug-likeness (QED) is 0.793. The van der Waals surface area contributed by atoms with E-state index in [0.29, 0.717) is 5.56 Å². The highest BCUT2D eigenvalue weighted by atomic mass is 32.2. The Labute approximate surface area is 93.7 Å². The fraction of sp³-hybridized carbons (Fsp3) is 0.417. The summed E-state index contributed by atoms with van der Waals surface area (Å²) in [7, 11) is 0. The van der Waals surface area contributed by atoms with Crippen LogP contribution in [0.25, 0.3) is 0 Å². The zero-order valence-corrected chi connectivity index (χ0v) is 9.51. The fourth-order valence-corrected chi connectivity index (χ4v) is 2.91. The van der Waals surface area contributed by atoms with E-state index in [-0.39, 0.29) is 0 Å². The van der Waals surface area contributed by atoms with E-state index in [1.807, 2.05) is 23.9 Å². The van der Waals surface area contributed by atoms with Gasteiger partial charge in [0.2, 0.25) is 0 Å². The van der Waals surface area contributed by atoms with Crippen molar-refractivity contribution < 1.29 is 9.90 Å². The molecule has 1 aliphatic rings. The molecule has 0 saturated heterocycles. The molecule has 0 spiro atoms. The number of carboxylic acid groups (broad SMARTS) is 1. The Hall–Kier alpha value is -0.960. The summed E-state index contributed by atoms with van der Waals surface area (Å²) in [6, 6.07) is 5.47. The first-order valence-corrected chi connectivity index (χ1v) is 6.14. The number of hydrogen-bond acceptors (Lipinski definition) is 2. The van der Waals surface area contributed by atoms with Crippen molar-refractivity contribution in [2.75, 3.05) is 5.75 Å². The highest BCUT2D eigenvalue weighted by Crippen LogP contribution is 2.31. The van der Waals surface area contributed by atoms with Gasteiger partial charge in [-0.05, 0) is 42.5 Å².